The number of hydrogen-bond donors (Lipinski definition) is 1. The Morgan fingerprint density at radius 3 is 2.78 bits per heavy atom. The first-order valence-corrected chi connectivity index (χ1v) is 5.10. The minimum absolute atomic E-state index is 0.292. The lowest BCUT2D eigenvalue weighted by molar-refractivity contribution is -0.143. The Morgan fingerprint density at radius 1 is 1.56 bits per heavy atom. The predicted molar refractivity (Wildman–Crippen MR) is 63.5 cm³/mol. The summed E-state index contributed by atoms with van der Waals surface area (Å²) in [5.74, 6) is -0.615. The molecule has 1 rings (SSSR count). The Hall–Kier alpha value is -2.55. The van der Waals surface area contributed by atoms with E-state index in [0.29, 0.717) is 12.1 Å². The lowest BCUT2D eigenvalue weighted by Crippen LogP contribution is -2.34. The predicted octanol–water partition coefficient (Wildman–Crippen LogP) is 1.56. The molecule has 0 bridgehead atoms. The van der Waals surface area contributed by atoms with Gasteiger partial charge in [0.15, 0.2) is 6.61 Å². The highest BCUT2D eigenvalue weighted by atomic mass is 16.5. The smallest absolute Gasteiger partial charge is 0.324 e. The van der Waals surface area contributed by atoms with Crippen LogP contribution in [0.4, 0.5) is 5.69 Å². The molecule has 1 aromatic carbocycles. The monoisotopic (exact) mass is 245 g/mol. The molecule has 2 N–H and O–H groups in total. The number of benzene rings is 1. The van der Waals surface area contributed by atoms with Gasteiger partial charge < -0.3 is 10.5 Å². The van der Waals surface area contributed by atoms with Gasteiger partial charge in [0.25, 0.3) is 0 Å². The topological polar surface area (TPSA) is 125 Å². The average molecular weight is 245 g/mol. The maximum Gasteiger partial charge on any atom is 0.324 e. The van der Waals surface area contributed by atoms with Gasteiger partial charge in [0.2, 0.25) is 0 Å². The highest BCUT2D eigenvalue weighted by molar-refractivity contribution is 5.76. The highest BCUT2D eigenvalue weighted by Crippen LogP contribution is 2.14. The molecule has 0 heterocycles. The molecule has 0 unspecified atom stereocenters. The summed E-state index contributed by atoms with van der Waals surface area (Å²) in [4.78, 5) is 14.0. The summed E-state index contributed by atoms with van der Waals surface area (Å²) in [6.45, 7) is -0.303. The minimum atomic E-state index is -0.816. The van der Waals surface area contributed by atoms with Gasteiger partial charge in [0, 0.05) is 10.6 Å². The number of nitrogens with zero attached hydrogens (tertiary/aromatic N) is 4. The van der Waals surface area contributed by atoms with Crippen molar-refractivity contribution in [3.63, 3.8) is 0 Å². The summed E-state index contributed by atoms with van der Waals surface area (Å²) >= 11 is 0. The van der Waals surface area contributed by atoms with Crippen LogP contribution in [0.1, 0.15) is 5.56 Å². The van der Waals surface area contributed by atoms with Crippen molar-refractivity contribution in [2.24, 2.45) is 10.8 Å². The molecule has 7 nitrogen and oxygen atoms in total. The molecule has 0 aliphatic heterocycles. The number of hydrogen-bond acceptors (Lipinski definition) is 5. The zero-order valence-electron chi connectivity index (χ0n) is 9.48. The fourth-order valence-corrected chi connectivity index (χ4v) is 1.30. The number of nitriles is 1. The summed E-state index contributed by atoms with van der Waals surface area (Å²) in [5.41, 5.74) is 15.2. The van der Waals surface area contributed by atoms with Crippen LogP contribution >= 0.6 is 0 Å². The largest absolute Gasteiger partial charge is 0.449 e. The van der Waals surface area contributed by atoms with Crippen LogP contribution in [0.2, 0.25) is 0 Å². The van der Waals surface area contributed by atoms with Crippen LogP contribution < -0.4 is 5.73 Å². The zero-order chi connectivity index (χ0) is 13.4. The van der Waals surface area contributed by atoms with Crippen LogP contribution in [0, 0.1) is 11.3 Å². The van der Waals surface area contributed by atoms with E-state index in [2.05, 4.69) is 14.8 Å². The molecular formula is C11H11N5O2. The molecule has 0 radical (unpaired) electrons. The van der Waals surface area contributed by atoms with Gasteiger partial charge in [-0.25, -0.2) is 0 Å². The Kier molecular flexibility index (Phi) is 5.19. The van der Waals surface area contributed by atoms with E-state index in [-0.39, 0.29) is 6.61 Å². The molecule has 0 saturated heterocycles. The molecule has 1 aromatic rings. The van der Waals surface area contributed by atoms with Gasteiger partial charge >= 0.3 is 5.97 Å². The number of ether oxygens (including phenoxy) is 1. The van der Waals surface area contributed by atoms with E-state index in [1.165, 1.54) is 0 Å². The Balaban J connectivity index is 2.59. The third kappa shape index (κ3) is 4.14. The van der Waals surface area contributed by atoms with Crippen molar-refractivity contribution in [3.05, 3.63) is 40.3 Å². The van der Waals surface area contributed by atoms with Crippen molar-refractivity contribution < 1.29 is 9.53 Å². The molecule has 0 aromatic heterocycles. The van der Waals surface area contributed by atoms with Crippen LogP contribution in [0.3, 0.4) is 0 Å². The van der Waals surface area contributed by atoms with E-state index < -0.39 is 12.0 Å². The number of carbonyl (C=O) groups is 1. The molecule has 0 amide bonds. The zero-order valence-corrected chi connectivity index (χ0v) is 9.48. The Morgan fingerprint density at radius 2 is 2.22 bits per heavy atom. The van der Waals surface area contributed by atoms with E-state index in [0.717, 1.165) is 5.56 Å². The van der Waals surface area contributed by atoms with Gasteiger partial charge in [-0.15, -0.1) is 0 Å². The van der Waals surface area contributed by atoms with Crippen molar-refractivity contribution in [3.8, 4) is 6.07 Å². The van der Waals surface area contributed by atoms with Crippen LogP contribution in [-0.4, -0.2) is 18.6 Å². The standard InChI is InChI=1S/C11H11N5O2/c12-5-6-18-11(17)10(13)7-8-1-3-9(4-2-8)15-16-14/h1-4,10H,6-7,13H2/t10-/m0/s1. The highest BCUT2D eigenvalue weighted by Gasteiger charge is 2.15. The van der Waals surface area contributed by atoms with Crippen LogP contribution in [-0.2, 0) is 16.0 Å². The molecule has 0 aliphatic carbocycles. The minimum Gasteiger partial charge on any atom is -0.449 e. The van der Waals surface area contributed by atoms with E-state index in [9.17, 15) is 4.79 Å². The number of carbonyl (C=O) groups excluding carboxylic acids is 1. The molecule has 0 spiro atoms. The second kappa shape index (κ2) is 6.91. The lowest BCUT2D eigenvalue weighted by Gasteiger charge is -2.09. The molecule has 0 aliphatic rings. The van der Waals surface area contributed by atoms with Gasteiger partial charge in [0.05, 0.1) is 0 Å². The second-order valence-electron chi connectivity index (χ2n) is 3.43. The summed E-state index contributed by atoms with van der Waals surface area (Å²) in [5, 5.41) is 11.7. The summed E-state index contributed by atoms with van der Waals surface area (Å²) in [7, 11) is 0. The van der Waals surface area contributed by atoms with Gasteiger partial charge in [-0.3, -0.25) is 4.79 Å². The SMILES string of the molecule is N#CCOC(=O)[C@@H](N)Cc1ccc(N=[N+]=[N-])cc1. The van der Waals surface area contributed by atoms with Crippen LogP contribution in [0.5, 0.6) is 0 Å². The molecule has 0 fully saturated rings. The summed E-state index contributed by atoms with van der Waals surface area (Å²) < 4.78 is 4.60. The summed E-state index contributed by atoms with van der Waals surface area (Å²) in [6.07, 6.45) is 0.292. The first-order chi connectivity index (χ1) is 8.67. The Bertz CT molecular complexity index is 499. The fraction of sp³-hybridized carbons (Fsp3) is 0.273. The van der Waals surface area contributed by atoms with Gasteiger partial charge in [-0.2, -0.15) is 5.26 Å². The average Bonchev–Trinajstić information content (AvgIpc) is 2.38. The van der Waals surface area contributed by atoms with Crippen molar-refractivity contribution in [1.82, 2.24) is 0 Å². The van der Waals surface area contributed by atoms with Gasteiger partial charge in [0.1, 0.15) is 12.1 Å². The van der Waals surface area contributed by atoms with E-state index in [1.54, 1.807) is 30.3 Å². The third-order valence-corrected chi connectivity index (χ3v) is 2.13. The molecular weight excluding hydrogens is 234 g/mol. The molecule has 7 heteroatoms. The van der Waals surface area contributed by atoms with Gasteiger partial charge in [-0.1, -0.05) is 29.4 Å². The summed E-state index contributed by atoms with van der Waals surface area (Å²) in [6, 6.07) is 7.55. The van der Waals surface area contributed by atoms with E-state index in [1.807, 2.05) is 0 Å². The lowest BCUT2D eigenvalue weighted by atomic mass is 10.1. The third-order valence-electron chi connectivity index (χ3n) is 2.13. The second-order valence-corrected chi connectivity index (χ2v) is 3.43. The van der Waals surface area contributed by atoms with Crippen LogP contribution in [0.25, 0.3) is 10.4 Å². The maximum absolute atomic E-state index is 11.3. The first-order valence-electron chi connectivity index (χ1n) is 5.10. The maximum atomic E-state index is 11.3. The molecule has 1 atom stereocenters. The Labute approximate surface area is 103 Å². The fourth-order valence-electron chi connectivity index (χ4n) is 1.30. The molecule has 18 heavy (non-hydrogen) atoms. The van der Waals surface area contributed by atoms with Crippen LogP contribution in [0.15, 0.2) is 29.4 Å². The van der Waals surface area contributed by atoms with Crippen molar-refractivity contribution in [2.45, 2.75) is 12.5 Å². The van der Waals surface area contributed by atoms with Gasteiger partial charge in [-0.05, 0) is 17.5 Å². The van der Waals surface area contributed by atoms with Crippen molar-refractivity contribution in [1.29, 1.82) is 5.26 Å². The number of rotatable bonds is 5. The number of nitrogens with two attached hydrogens (primary N) is 1. The van der Waals surface area contributed by atoms with E-state index in [4.69, 9.17) is 16.5 Å². The number of azide groups is 1. The quantitative estimate of drug-likeness (QED) is 0.365. The number of esters is 1. The molecule has 0 saturated carbocycles. The van der Waals surface area contributed by atoms with E-state index >= 15 is 0 Å². The van der Waals surface area contributed by atoms with Crippen molar-refractivity contribution >= 4 is 11.7 Å². The van der Waals surface area contributed by atoms with Crippen molar-refractivity contribution in [2.75, 3.05) is 6.61 Å². The first kappa shape index (κ1) is 13.5. The molecule has 92 valence electrons. The normalized spacial score (nSPS) is 10.9.